The minimum Gasteiger partial charge on any atom is -0.352 e. The Balaban J connectivity index is 1.83. The summed E-state index contributed by atoms with van der Waals surface area (Å²) in [5, 5.41) is 5.99. The summed E-state index contributed by atoms with van der Waals surface area (Å²) >= 11 is 3.86. The number of nitrogens with zero attached hydrogens (tertiary/aromatic N) is 1. The number of carbonyl (C=O) groups excluding carboxylic acids is 1. The average Bonchev–Trinajstić information content (AvgIpc) is 2.76. The summed E-state index contributed by atoms with van der Waals surface area (Å²) in [6.45, 7) is 2.60. The van der Waals surface area contributed by atoms with E-state index in [1.807, 2.05) is 36.6 Å². The zero-order chi connectivity index (χ0) is 13.0. The number of benzene rings is 1. The molecule has 0 aliphatic heterocycles. The number of amides is 1. The maximum Gasteiger partial charge on any atom is 0.251 e. The van der Waals surface area contributed by atoms with Crippen molar-refractivity contribution >= 4 is 39.8 Å². The number of nitrogens with one attached hydrogen (secondary N) is 1. The van der Waals surface area contributed by atoms with Crippen molar-refractivity contribution in [3.05, 3.63) is 49.5 Å². The molecule has 5 heteroatoms. The highest BCUT2D eigenvalue weighted by atomic mass is 127. The first kappa shape index (κ1) is 13.5. The van der Waals surface area contributed by atoms with Crippen LogP contribution in [0.1, 0.15) is 21.1 Å². The smallest absolute Gasteiger partial charge is 0.251 e. The third-order valence-corrected chi connectivity index (χ3v) is 4.14. The van der Waals surface area contributed by atoms with Gasteiger partial charge in [-0.1, -0.05) is 0 Å². The van der Waals surface area contributed by atoms with Crippen LogP contribution >= 0.6 is 33.9 Å². The van der Waals surface area contributed by atoms with Gasteiger partial charge in [-0.25, -0.2) is 4.98 Å². The van der Waals surface area contributed by atoms with Crippen molar-refractivity contribution in [1.29, 1.82) is 0 Å². The van der Waals surface area contributed by atoms with Gasteiger partial charge in [-0.15, -0.1) is 11.3 Å². The van der Waals surface area contributed by atoms with Gasteiger partial charge in [-0.3, -0.25) is 4.79 Å². The number of thiazole rings is 1. The lowest BCUT2D eigenvalue weighted by Crippen LogP contribution is -2.25. The summed E-state index contributed by atoms with van der Waals surface area (Å²) in [7, 11) is 0. The molecule has 18 heavy (non-hydrogen) atoms. The number of aromatic nitrogens is 1. The normalized spacial score (nSPS) is 10.3. The fourth-order valence-corrected chi connectivity index (χ4v) is 2.64. The Hall–Kier alpha value is -0.950. The molecule has 1 aromatic carbocycles. The second kappa shape index (κ2) is 6.29. The first-order valence-corrected chi connectivity index (χ1v) is 7.56. The highest BCUT2D eigenvalue weighted by molar-refractivity contribution is 14.1. The lowest BCUT2D eigenvalue weighted by molar-refractivity contribution is 0.0954. The minimum atomic E-state index is -0.0281. The summed E-state index contributed by atoms with van der Waals surface area (Å²) in [6.07, 6.45) is 0.786. The van der Waals surface area contributed by atoms with Crippen LogP contribution in [0.5, 0.6) is 0 Å². The predicted octanol–water partition coefficient (Wildman–Crippen LogP) is 3.03. The van der Waals surface area contributed by atoms with Gasteiger partial charge in [0.05, 0.1) is 5.01 Å². The van der Waals surface area contributed by atoms with Crippen LogP contribution in [0.4, 0.5) is 0 Å². The molecule has 0 aliphatic carbocycles. The van der Waals surface area contributed by atoms with E-state index in [9.17, 15) is 4.79 Å². The fraction of sp³-hybridized carbons (Fsp3) is 0.231. The van der Waals surface area contributed by atoms with Crippen molar-refractivity contribution in [2.24, 2.45) is 0 Å². The molecule has 1 heterocycles. The number of halogens is 1. The molecule has 0 aliphatic rings. The van der Waals surface area contributed by atoms with Gasteiger partial charge in [-0.05, 0) is 53.8 Å². The minimum absolute atomic E-state index is 0.0281. The lowest BCUT2D eigenvalue weighted by Gasteiger charge is -2.03. The Morgan fingerprint density at radius 3 is 2.72 bits per heavy atom. The van der Waals surface area contributed by atoms with Crippen molar-refractivity contribution in [2.45, 2.75) is 13.3 Å². The number of aryl methyl sites for hydroxylation is 1. The van der Waals surface area contributed by atoms with Gasteiger partial charge in [0.15, 0.2) is 0 Å². The van der Waals surface area contributed by atoms with E-state index in [4.69, 9.17) is 0 Å². The zero-order valence-corrected chi connectivity index (χ0v) is 12.9. The molecule has 94 valence electrons. The largest absolute Gasteiger partial charge is 0.352 e. The topological polar surface area (TPSA) is 42.0 Å². The number of hydrogen-bond acceptors (Lipinski definition) is 3. The summed E-state index contributed by atoms with van der Waals surface area (Å²) in [5.74, 6) is -0.0281. The van der Waals surface area contributed by atoms with Crippen LogP contribution < -0.4 is 5.32 Å². The molecule has 0 fully saturated rings. The number of carbonyl (C=O) groups is 1. The Morgan fingerprint density at radius 1 is 1.39 bits per heavy atom. The summed E-state index contributed by atoms with van der Waals surface area (Å²) in [6, 6.07) is 7.54. The summed E-state index contributed by atoms with van der Waals surface area (Å²) < 4.78 is 1.13. The van der Waals surface area contributed by atoms with Crippen LogP contribution in [0.2, 0.25) is 0 Å². The molecule has 0 bridgehead atoms. The maximum atomic E-state index is 11.8. The molecule has 2 aromatic rings. The fourth-order valence-electron chi connectivity index (χ4n) is 1.50. The van der Waals surface area contributed by atoms with E-state index in [0.29, 0.717) is 12.1 Å². The number of hydrogen-bond donors (Lipinski definition) is 1. The Morgan fingerprint density at radius 2 is 2.11 bits per heavy atom. The first-order valence-electron chi connectivity index (χ1n) is 5.60. The van der Waals surface area contributed by atoms with Crippen molar-refractivity contribution < 1.29 is 4.79 Å². The van der Waals surface area contributed by atoms with Gasteiger partial charge < -0.3 is 5.32 Å². The molecule has 1 N–H and O–H groups in total. The quantitative estimate of drug-likeness (QED) is 0.839. The first-order chi connectivity index (χ1) is 8.65. The van der Waals surface area contributed by atoms with Gasteiger partial charge in [0.1, 0.15) is 0 Å². The molecule has 3 nitrogen and oxygen atoms in total. The van der Waals surface area contributed by atoms with Crippen molar-refractivity contribution in [1.82, 2.24) is 10.3 Å². The SMILES string of the molecule is Cc1csc(CCNC(=O)c2ccc(I)cc2)n1. The van der Waals surface area contributed by atoms with E-state index < -0.39 is 0 Å². The van der Waals surface area contributed by atoms with E-state index in [2.05, 4.69) is 32.9 Å². The van der Waals surface area contributed by atoms with Gasteiger partial charge in [0.25, 0.3) is 5.91 Å². The zero-order valence-electron chi connectivity index (χ0n) is 9.94. The third-order valence-electron chi connectivity index (χ3n) is 2.40. The van der Waals surface area contributed by atoms with Gasteiger partial charge in [-0.2, -0.15) is 0 Å². The van der Waals surface area contributed by atoms with E-state index >= 15 is 0 Å². The second-order valence-electron chi connectivity index (χ2n) is 3.90. The molecular formula is C13H13IN2OS. The maximum absolute atomic E-state index is 11.8. The van der Waals surface area contributed by atoms with Gasteiger partial charge in [0.2, 0.25) is 0 Å². The lowest BCUT2D eigenvalue weighted by atomic mass is 10.2. The van der Waals surface area contributed by atoms with Gasteiger partial charge in [0, 0.05) is 33.2 Å². The average molecular weight is 372 g/mol. The highest BCUT2D eigenvalue weighted by Gasteiger charge is 2.05. The summed E-state index contributed by atoms with van der Waals surface area (Å²) in [5.41, 5.74) is 1.74. The molecule has 0 spiro atoms. The monoisotopic (exact) mass is 372 g/mol. The van der Waals surface area contributed by atoms with Crippen LogP contribution in [0.3, 0.4) is 0 Å². The van der Waals surface area contributed by atoms with Crippen LogP contribution in [0.25, 0.3) is 0 Å². The highest BCUT2D eigenvalue weighted by Crippen LogP contribution is 2.09. The van der Waals surface area contributed by atoms with Crippen molar-refractivity contribution in [3.8, 4) is 0 Å². The van der Waals surface area contributed by atoms with E-state index in [-0.39, 0.29) is 5.91 Å². The van der Waals surface area contributed by atoms with Crippen LogP contribution in [-0.2, 0) is 6.42 Å². The molecule has 0 unspecified atom stereocenters. The van der Waals surface area contributed by atoms with E-state index in [1.54, 1.807) is 11.3 Å². The van der Waals surface area contributed by atoms with Crippen LogP contribution in [0.15, 0.2) is 29.6 Å². The number of rotatable bonds is 4. The molecule has 0 saturated heterocycles. The standard InChI is InChI=1S/C13H13IN2OS/c1-9-8-18-12(16-9)6-7-15-13(17)10-2-4-11(14)5-3-10/h2-5,8H,6-7H2,1H3,(H,15,17). The van der Waals surface area contributed by atoms with Crippen LogP contribution in [0, 0.1) is 10.5 Å². The predicted molar refractivity (Wildman–Crippen MR) is 82.0 cm³/mol. The van der Waals surface area contributed by atoms with Crippen molar-refractivity contribution in [2.75, 3.05) is 6.54 Å². The summed E-state index contributed by atoms with van der Waals surface area (Å²) in [4.78, 5) is 16.2. The van der Waals surface area contributed by atoms with Gasteiger partial charge >= 0.3 is 0 Å². The molecule has 0 saturated carbocycles. The molecule has 1 aromatic heterocycles. The Bertz CT molecular complexity index is 536. The Kier molecular flexibility index (Phi) is 4.71. The van der Waals surface area contributed by atoms with Crippen molar-refractivity contribution in [3.63, 3.8) is 0 Å². The molecule has 0 atom stereocenters. The molecular weight excluding hydrogens is 359 g/mol. The third kappa shape index (κ3) is 3.78. The van der Waals surface area contributed by atoms with Crippen LogP contribution in [-0.4, -0.2) is 17.4 Å². The molecule has 2 rings (SSSR count). The second-order valence-corrected chi connectivity index (χ2v) is 6.08. The molecule has 0 radical (unpaired) electrons. The van der Waals surface area contributed by atoms with E-state index in [1.165, 1.54) is 0 Å². The molecule has 1 amide bonds. The Labute approximate surface area is 124 Å². The van der Waals surface area contributed by atoms with E-state index in [0.717, 1.165) is 20.7 Å².